The van der Waals surface area contributed by atoms with Gasteiger partial charge in [0, 0.05) is 12.0 Å². The van der Waals surface area contributed by atoms with Crippen molar-refractivity contribution in [2.24, 2.45) is 34.5 Å². The number of carbonyl (C=O) groups excluding carboxylic acids is 1. The molecule has 0 spiro atoms. The Hall–Kier alpha value is -0.890. The second kappa shape index (κ2) is 6.33. The van der Waals surface area contributed by atoms with Gasteiger partial charge >= 0.3 is 0 Å². The molecule has 0 aromatic rings. The Bertz CT molecular complexity index is 647. The minimum Gasteiger partial charge on any atom is -0.393 e. The van der Waals surface area contributed by atoms with Crippen molar-refractivity contribution in [3.8, 4) is 0 Å². The normalized spacial score (nSPS) is 46.4. The van der Waals surface area contributed by atoms with E-state index < -0.39 is 0 Å². The first kappa shape index (κ1) is 18.5. The predicted octanol–water partition coefficient (Wildman–Crippen LogP) is 5.46. The highest BCUT2D eigenvalue weighted by molar-refractivity contribution is 6.00. The van der Waals surface area contributed by atoms with Crippen molar-refractivity contribution >= 4 is 5.78 Å². The molecule has 26 heavy (non-hydrogen) atoms. The van der Waals surface area contributed by atoms with Gasteiger partial charge in [0.05, 0.1) is 6.10 Å². The van der Waals surface area contributed by atoms with Crippen LogP contribution >= 0.6 is 0 Å². The van der Waals surface area contributed by atoms with E-state index in [1.807, 2.05) is 6.08 Å². The topological polar surface area (TPSA) is 37.3 Å². The molecule has 0 saturated heterocycles. The summed E-state index contributed by atoms with van der Waals surface area (Å²) in [5.74, 6) is 2.68. The van der Waals surface area contributed by atoms with Crippen molar-refractivity contribution in [3.63, 3.8) is 0 Å². The van der Waals surface area contributed by atoms with E-state index in [1.54, 1.807) is 0 Å². The Kier molecular flexibility index (Phi) is 4.50. The highest BCUT2D eigenvalue weighted by Crippen LogP contribution is 2.65. The Morgan fingerprint density at radius 3 is 2.77 bits per heavy atom. The lowest BCUT2D eigenvalue weighted by molar-refractivity contribution is -0.115. The summed E-state index contributed by atoms with van der Waals surface area (Å²) in [6.07, 6.45) is 11.4. The summed E-state index contributed by atoms with van der Waals surface area (Å²) in [5.41, 5.74) is 3.17. The number of rotatable bonds is 3. The minimum atomic E-state index is -0.103. The second-order valence-electron chi connectivity index (χ2n) is 10.3. The fourth-order valence-corrected chi connectivity index (χ4v) is 7.60. The molecule has 0 amide bonds. The molecule has 144 valence electrons. The molecule has 1 N–H and O–H groups in total. The van der Waals surface area contributed by atoms with Crippen LogP contribution in [0.15, 0.2) is 23.8 Å². The van der Waals surface area contributed by atoms with Crippen LogP contribution in [0.3, 0.4) is 0 Å². The van der Waals surface area contributed by atoms with Crippen LogP contribution in [0.2, 0.25) is 0 Å². The van der Waals surface area contributed by atoms with Gasteiger partial charge in [-0.1, -0.05) is 32.4 Å². The predicted molar refractivity (Wildman–Crippen MR) is 106 cm³/mol. The molecule has 2 nitrogen and oxygen atoms in total. The van der Waals surface area contributed by atoms with Crippen molar-refractivity contribution in [3.05, 3.63) is 23.8 Å². The SMILES string of the molecule is C=CC[C@@H](C)[C@H]1CC(=O)C2=C3CC[C@H]4C[C@@H](O)CC[C@]4(C)[C@H]3CC[C@@]21C. The summed E-state index contributed by atoms with van der Waals surface area (Å²) < 4.78 is 0. The zero-order chi connectivity index (χ0) is 18.7. The third kappa shape index (κ3) is 2.51. The number of Topliss-reactive ketones (excluding diaryl/α,β-unsaturated/α-hetero) is 1. The van der Waals surface area contributed by atoms with Crippen LogP contribution in [0.1, 0.15) is 78.6 Å². The number of allylic oxidation sites excluding steroid dienone is 3. The van der Waals surface area contributed by atoms with E-state index in [9.17, 15) is 9.90 Å². The van der Waals surface area contributed by atoms with Gasteiger partial charge in [-0.3, -0.25) is 4.79 Å². The number of aliphatic hydroxyl groups is 1. The van der Waals surface area contributed by atoms with Gasteiger partial charge in [0.2, 0.25) is 0 Å². The molecule has 4 aliphatic rings. The van der Waals surface area contributed by atoms with E-state index in [2.05, 4.69) is 27.4 Å². The van der Waals surface area contributed by atoms with Gasteiger partial charge in [-0.25, -0.2) is 0 Å². The lowest BCUT2D eigenvalue weighted by atomic mass is 9.49. The van der Waals surface area contributed by atoms with E-state index in [0.717, 1.165) is 38.5 Å². The summed E-state index contributed by atoms with van der Waals surface area (Å²) in [4.78, 5) is 13.2. The first-order valence-electron chi connectivity index (χ1n) is 10.9. The summed E-state index contributed by atoms with van der Waals surface area (Å²) >= 11 is 0. The third-order valence-corrected chi connectivity index (χ3v) is 9.06. The second-order valence-corrected chi connectivity index (χ2v) is 10.3. The van der Waals surface area contributed by atoms with Gasteiger partial charge in [0.25, 0.3) is 0 Å². The van der Waals surface area contributed by atoms with Crippen molar-refractivity contribution in [2.75, 3.05) is 0 Å². The highest BCUT2D eigenvalue weighted by Gasteiger charge is 2.57. The van der Waals surface area contributed by atoms with Gasteiger partial charge < -0.3 is 5.11 Å². The monoisotopic (exact) mass is 356 g/mol. The molecular formula is C24H36O2. The van der Waals surface area contributed by atoms with E-state index in [1.165, 1.54) is 30.4 Å². The summed E-state index contributed by atoms with van der Waals surface area (Å²) in [5, 5.41) is 10.2. The van der Waals surface area contributed by atoms with Crippen molar-refractivity contribution < 1.29 is 9.90 Å². The zero-order valence-corrected chi connectivity index (χ0v) is 16.9. The molecule has 0 heterocycles. The highest BCUT2D eigenvalue weighted by atomic mass is 16.3. The third-order valence-electron chi connectivity index (χ3n) is 9.06. The number of hydrogen-bond acceptors (Lipinski definition) is 2. The Balaban J connectivity index is 1.72. The minimum absolute atomic E-state index is 0.0860. The van der Waals surface area contributed by atoms with Crippen LogP contribution in [0.5, 0.6) is 0 Å². The standard InChI is InChI=1S/C24H36O2/c1-5-6-15(2)20-14-21(26)22-18-8-7-16-13-17(25)9-11-23(16,3)19(18)10-12-24(20,22)4/h5,15-17,19-20,25H,1,6-14H2,2-4H3/t15-,16+,17+,19+,20-,23+,24-/m1/s1. The largest absolute Gasteiger partial charge is 0.393 e. The molecular weight excluding hydrogens is 320 g/mol. The van der Waals surface area contributed by atoms with Gasteiger partial charge in [0.1, 0.15) is 0 Å². The molecule has 0 aromatic heterocycles. The fourth-order valence-electron chi connectivity index (χ4n) is 7.60. The molecule has 3 saturated carbocycles. The maximum absolute atomic E-state index is 13.2. The Morgan fingerprint density at radius 1 is 1.27 bits per heavy atom. The molecule has 3 fully saturated rings. The van der Waals surface area contributed by atoms with Gasteiger partial charge in [-0.05, 0) is 85.9 Å². The zero-order valence-electron chi connectivity index (χ0n) is 16.9. The maximum atomic E-state index is 13.2. The fraction of sp³-hybridized carbons (Fsp3) is 0.792. The molecule has 0 unspecified atom stereocenters. The van der Waals surface area contributed by atoms with Crippen molar-refractivity contribution in [1.29, 1.82) is 0 Å². The van der Waals surface area contributed by atoms with Crippen LogP contribution in [0.25, 0.3) is 0 Å². The van der Waals surface area contributed by atoms with Gasteiger partial charge in [-0.2, -0.15) is 0 Å². The first-order valence-corrected chi connectivity index (χ1v) is 10.9. The molecule has 0 bridgehead atoms. The Labute approximate surface area is 159 Å². The first-order chi connectivity index (χ1) is 12.3. The molecule has 2 heteroatoms. The van der Waals surface area contributed by atoms with E-state index in [-0.39, 0.29) is 11.5 Å². The molecule has 0 aromatic carbocycles. The number of fused-ring (bicyclic) bond motifs is 4. The summed E-state index contributed by atoms with van der Waals surface area (Å²) in [6.45, 7) is 11.1. The number of ketones is 1. The van der Waals surface area contributed by atoms with Crippen molar-refractivity contribution in [2.45, 2.75) is 84.7 Å². The average molecular weight is 357 g/mol. The summed E-state index contributed by atoms with van der Waals surface area (Å²) in [7, 11) is 0. The number of carbonyl (C=O) groups is 1. The molecule has 4 aliphatic carbocycles. The van der Waals surface area contributed by atoms with Crippen LogP contribution < -0.4 is 0 Å². The van der Waals surface area contributed by atoms with E-state index in [4.69, 9.17) is 0 Å². The van der Waals surface area contributed by atoms with Gasteiger partial charge in [0.15, 0.2) is 5.78 Å². The lowest BCUT2D eigenvalue weighted by Gasteiger charge is -2.56. The average Bonchev–Trinajstić information content (AvgIpc) is 2.87. The smallest absolute Gasteiger partial charge is 0.159 e. The van der Waals surface area contributed by atoms with Crippen LogP contribution in [-0.2, 0) is 4.79 Å². The number of hydrogen-bond donors (Lipinski definition) is 1. The molecule has 7 atom stereocenters. The van der Waals surface area contributed by atoms with E-state index >= 15 is 0 Å². The van der Waals surface area contributed by atoms with Crippen LogP contribution in [0, 0.1) is 34.5 Å². The van der Waals surface area contributed by atoms with Crippen molar-refractivity contribution in [1.82, 2.24) is 0 Å². The van der Waals surface area contributed by atoms with Gasteiger partial charge in [-0.15, -0.1) is 6.58 Å². The lowest BCUT2D eigenvalue weighted by Crippen LogP contribution is -2.48. The molecule has 0 radical (unpaired) electrons. The summed E-state index contributed by atoms with van der Waals surface area (Å²) in [6, 6.07) is 0. The Morgan fingerprint density at radius 2 is 2.04 bits per heavy atom. The van der Waals surface area contributed by atoms with Crippen LogP contribution in [0.4, 0.5) is 0 Å². The maximum Gasteiger partial charge on any atom is 0.159 e. The molecule has 0 aliphatic heterocycles. The molecule has 4 rings (SSSR count). The van der Waals surface area contributed by atoms with Crippen LogP contribution in [-0.4, -0.2) is 17.0 Å². The number of aliphatic hydroxyl groups excluding tert-OH is 1. The quantitative estimate of drug-likeness (QED) is 0.682. The van der Waals surface area contributed by atoms with E-state index in [0.29, 0.717) is 34.9 Å².